The first kappa shape index (κ1) is 12.7. The summed E-state index contributed by atoms with van der Waals surface area (Å²) >= 11 is 0. The molecule has 0 amide bonds. The highest BCUT2D eigenvalue weighted by Gasteiger charge is 2.11. The zero-order valence-corrected chi connectivity index (χ0v) is 12.0. The maximum Gasteiger partial charge on any atom is 0.125 e. The molecule has 1 N–H and O–H groups in total. The zero-order valence-electron chi connectivity index (χ0n) is 12.0. The van der Waals surface area contributed by atoms with Gasteiger partial charge in [0, 0.05) is 23.3 Å². The van der Waals surface area contributed by atoms with Crippen LogP contribution in [0.3, 0.4) is 0 Å². The number of nitrogens with zero attached hydrogens (tertiary/aromatic N) is 3. The van der Waals surface area contributed by atoms with Crippen molar-refractivity contribution in [2.24, 2.45) is 0 Å². The van der Waals surface area contributed by atoms with E-state index in [9.17, 15) is 5.11 Å². The van der Waals surface area contributed by atoms with Crippen molar-refractivity contribution >= 4 is 21.7 Å². The van der Waals surface area contributed by atoms with Gasteiger partial charge >= 0.3 is 0 Å². The second-order valence-corrected chi connectivity index (χ2v) is 5.23. The van der Waals surface area contributed by atoms with E-state index in [1.54, 1.807) is 18.5 Å². The van der Waals surface area contributed by atoms with Crippen LogP contribution in [-0.2, 0) is 0 Å². The zero-order chi connectivity index (χ0) is 15.1. The normalized spacial score (nSPS) is 11.1. The first-order chi connectivity index (χ1) is 10.7. The Morgan fingerprint density at radius 2 is 1.73 bits per heavy atom. The van der Waals surface area contributed by atoms with E-state index in [1.165, 1.54) is 0 Å². The van der Waals surface area contributed by atoms with Crippen molar-refractivity contribution in [3.8, 4) is 17.0 Å². The molecule has 2 aromatic carbocycles. The molecule has 106 valence electrons. The Morgan fingerprint density at radius 1 is 0.909 bits per heavy atom. The summed E-state index contributed by atoms with van der Waals surface area (Å²) in [5.74, 6) is 0.933. The van der Waals surface area contributed by atoms with Gasteiger partial charge in [0.1, 0.15) is 11.6 Å². The van der Waals surface area contributed by atoms with Crippen LogP contribution in [0.15, 0.2) is 54.9 Å². The molecule has 22 heavy (non-hydrogen) atoms. The minimum absolute atomic E-state index is 0.219. The summed E-state index contributed by atoms with van der Waals surface area (Å²) in [5.41, 5.74) is 2.26. The number of fused-ring (bicyclic) bond motifs is 2. The monoisotopic (exact) mass is 287 g/mol. The predicted molar refractivity (Wildman–Crippen MR) is 86.7 cm³/mol. The third-order valence-corrected chi connectivity index (χ3v) is 3.75. The third-order valence-electron chi connectivity index (χ3n) is 3.75. The van der Waals surface area contributed by atoms with Gasteiger partial charge < -0.3 is 5.11 Å². The van der Waals surface area contributed by atoms with Crippen LogP contribution in [-0.4, -0.2) is 20.1 Å². The molecule has 0 bridgehead atoms. The molecule has 4 nitrogen and oxygen atoms in total. The highest BCUT2D eigenvalue weighted by atomic mass is 16.3. The van der Waals surface area contributed by atoms with Crippen LogP contribution in [0.1, 0.15) is 5.82 Å². The fraction of sp³-hybridized carbons (Fsp3) is 0.0556. The molecule has 0 fully saturated rings. The van der Waals surface area contributed by atoms with Crippen molar-refractivity contribution < 1.29 is 5.11 Å². The van der Waals surface area contributed by atoms with Gasteiger partial charge in [-0.05, 0) is 29.8 Å². The average molecular weight is 287 g/mol. The Morgan fingerprint density at radius 3 is 2.64 bits per heavy atom. The quantitative estimate of drug-likeness (QED) is 0.577. The molecule has 4 aromatic rings. The van der Waals surface area contributed by atoms with Crippen LogP contribution in [0.4, 0.5) is 0 Å². The molecule has 2 aromatic heterocycles. The van der Waals surface area contributed by atoms with Gasteiger partial charge in [0.2, 0.25) is 0 Å². The van der Waals surface area contributed by atoms with Crippen LogP contribution >= 0.6 is 0 Å². The Hall–Kier alpha value is -3.01. The third kappa shape index (κ3) is 1.97. The van der Waals surface area contributed by atoms with Gasteiger partial charge in [0.05, 0.1) is 11.2 Å². The van der Waals surface area contributed by atoms with Gasteiger partial charge in [-0.2, -0.15) is 0 Å². The SMILES string of the molecule is Cc1ncc2cnc(-c3c(O)ccc4ccccc34)cc2n1. The van der Waals surface area contributed by atoms with E-state index in [0.717, 1.165) is 27.2 Å². The molecule has 0 atom stereocenters. The van der Waals surface area contributed by atoms with Crippen molar-refractivity contribution in [3.05, 3.63) is 60.7 Å². The molecule has 0 aliphatic carbocycles. The van der Waals surface area contributed by atoms with E-state index in [2.05, 4.69) is 15.0 Å². The second kappa shape index (κ2) is 4.77. The molecule has 0 saturated carbocycles. The molecule has 4 heteroatoms. The minimum Gasteiger partial charge on any atom is -0.507 e. The number of phenolic OH excluding ortho intramolecular Hbond substituents is 1. The van der Waals surface area contributed by atoms with E-state index < -0.39 is 0 Å². The standard InChI is InChI=1S/C18H13N3O/c1-11-19-9-13-10-20-16(8-15(13)21-11)18-14-5-3-2-4-12(14)6-7-17(18)22/h2-10,22H,1H3. The topological polar surface area (TPSA) is 58.9 Å². The number of pyridine rings is 1. The average Bonchev–Trinajstić information content (AvgIpc) is 2.54. The van der Waals surface area contributed by atoms with E-state index >= 15 is 0 Å². The second-order valence-electron chi connectivity index (χ2n) is 5.23. The minimum atomic E-state index is 0.219. The van der Waals surface area contributed by atoms with E-state index in [-0.39, 0.29) is 5.75 Å². The molecule has 0 radical (unpaired) electrons. The van der Waals surface area contributed by atoms with Gasteiger partial charge in [-0.25, -0.2) is 9.97 Å². The largest absolute Gasteiger partial charge is 0.507 e. The lowest BCUT2D eigenvalue weighted by molar-refractivity contribution is 0.478. The smallest absolute Gasteiger partial charge is 0.125 e. The highest BCUT2D eigenvalue weighted by Crippen LogP contribution is 2.35. The van der Waals surface area contributed by atoms with Gasteiger partial charge in [-0.1, -0.05) is 30.3 Å². The number of aromatic hydroxyl groups is 1. The Kier molecular flexibility index (Phi) is 2.76. The van der Waals surface area contributed by atoms with Gasteiger partial charge in [0.25, 0.3) is 0 Å². The maximum atomic E-state index is 10.3. The van der Waals surface area contributed by atoms with Crippen molar-refractivity contribution in [1.82, 2.24) is 15.0 Å². The Bertz CT molecular complexity index is 1010. The van der Waals surface area contributed by atoms with Crippen molar-refractivity contribution in [3.63, 3.8) is 0 Å². The predicted octanol–water partition coefficient (Wildman–Crippen LogP) is 3.86. The molecular weight excluding hydrogens is 274 g/mol. The van der Waals surface area contributed by atoms with Crippen LogP contribution in [0.2, 0.25) is 0 Å². The molecule has 0 saturated heterocycles. The lowest BCUT2D eigenvalue weighted by Gasteiger charge is -2.09. The molecule has 0 unspecified atom stereocenters. The van der Waals surface area contributed by atoms with E-state index in [0.29, 0.717) is 11.5 Å². The van der Waals surface area contributed by atoms with Gasteiger partial charge in [0.15, 0.2) is 0 Å². The number of aromatic nitrogens is 3. The number of hydrogen-bond acceptors (Lipinski definition) is 4. The maximum absolute atomic E-state index is 10.3. The number of hydrogen-bond donors (Lipinski definition) is 1. The van der Waals surface area contributed by atoms with Crippen LogP contribution in [0.5, 0.6) is 5.75 Å². The van der Waals surface area contributed by atoms with E-state index in [4.69, 9.17) is 0 Å². The molecule has 2 heterocycles. The summed E-state index contributed by atoms with van der Waals surface area (Å²) in [5, 5.41) is 13.2. The first-order valence-electron chi connectivity index (χ1n) is 7.03. The summed E-state index contributed by atoms with van der Waals surface area (Å²) in [6.45, 7) is 1.86. The Labute approximate surface area is 127 Å². The molecule has 0 spiro atoms. The number of benzene rings is 2. The highest BCUT2D eigenvalue weighted by molar-refractivity contribution is 5.99. The molecule has 0 aliphatic rings. The van der Waals surface area contributed by atoms with Crippen molar-refractivity contribution in [1.29, 1.82) is 0 Å². The van der Waals surface area contributed by atoms with Crippen molar-refractivity contribution in [2.75, 3.05) is 0 Å². The summed E-state index contributed by atoms with van der Waals surface area (Å²) in [6.07, 6.45) is 3.50. The van der Waals surface area contributed by atoms with Crippen molar-refractivity contribution in [2.45, 2.75) is 6.92 Å². The van der Waals surface area contributed by atoms with Crippen LogP contribution in [0.25, 0.3) is 32.9 Å². The fourth-order valence-electron chi connectivity index (χ4n) is 2.68. The lowest BCUT2D eigenvalue weighted by Crippen LogP contribution is -1.91. The summed E-state index contributed by atoms with van der Waals surface area (Å²) in [6, 6.07) is 13.4. The van der Waals surface area contributed by atoms with Crippen LogP contribution in [0, 0.1) is 6.92 Å². The lowest BCUT2D eigenvalue weighted by atomic mass is 10.0. The summed E-state index contributed by atoms with van der Waals surface area (Å²) in [4.78, 5) is 13.1. The van der Waals surface area contributed by atoms with Crippen LogP contribution < -0.4 is 0 Å². The Balaban J connectivity index is 2.04. The molecular formula is C18H13N3O. The molecule has 4 rings (SSSR count). The van der Waals surface area contributed by atoms with Gasteiger partial charge in [-0.15, -0.1) is 0 Å². The number of rotatable bonds is 1. The fourth-order valence-corrected chi connectivity index (χ4v) is 2.68. The summed E-state index contributed by atoms with van der Waals surface area (Å²) in [7, 11) is 0. The first-order valence-corrected chi connectivity index (χ1v) is 7.03. The van der Waals surface area contributed by atoms with Gasteiger partial charge in [-0.3, -0.25) is 4.98 Å². The van der Waals surface area contributed by atoms with E-state index in [1.807, 2.05) is 43.3 Å². The number of phenols is 1. The molecule has 0 aliphatic heterocycles. The summed E-state index contributed by atoms with van der Waals surface area (Å²) < 4.78 is 0. The number of aryl methyl sites for hydroxylation is 1.